The Bertz CT molecular complexity index is 3480. The minimum absolute atomic E-state index is 0.471. The van der Waals surface area contributed by atoms with Crippen molar-refractivity contribution in [2.24, 2.45) is 0 Å². The molecule has 298 valence electrons. The molecule has 0 atom stereocenters. The van der Waals surface area contributed by atoms with Crippen molar-refractivity contribution in [3.63, 3.8) is 0 Å². The van der Waals surface area contributed by atoms with Crippen LogP contribution in [0.5, 0.6) is 0 Å². The van der Waals surface area contributed by atoms with Crippen LogP contribution < -0.4 is 4.90 Å². The van der Waals surface area contributed by atoms with E-state index >= 15 is 0 Å². The monoisotopic (exact) mass is 813 g/mol. The number of hydrogen-bond donors (Lipinski definition) is 0. The van der Waals surface area contributed by atoms with Crippen molar-refractivity contribution in [1.29, 1.82) is 0 Å². The van der Waals surface area contributed by atoms with Gasteiger partial charge in [-0.2, -0.15) is 0 Å². The molecule has 0 fully saturated rings. The van der Waals surface area contributed by atoms with E-state index in [1.54, 1.807) is 0 Å². The van der Waals surface area contributed by atoms with Crippen LogP contribution in [0.3, 0.4) is 0 Å². The Labute approximate surface area is 372 Å². The maximum absolute atomic E-state index is 6.43. The molecule has 1 aromatic heterocycles. The van der Waals surface area contributed by atoms with Crippen molar-refractivity contribution in [3.05, 3.63) is 281 Å². The summed E-state index contributed by atoms with van der Waals surface area (Å²) in [6.45, 7) is 0. The molecule has 11 aromatic rings. The zero-order chi connectivity index (χ0) is 42.0. The van der Waals surface area contributed by atoms with Crippen molar-refractivity contribution in [1.82, 2.24) is 0 Å². The Balaban J connectivity index is 1.06. The normalized spacial score (nSPS) is 14.2. The fourth-order valence-electron chi connectivity index (χ4n) is 12.1. The summed E-state index contributed by atoms with van der Waals surface area (Å²) in [5.74, 6) is 0. The van der Waals surface area contributed by atoms with Gasteiger partial charge in [0.1, 0.15) is 11.2 Å². The minimum Gasteiger partial charge on any atom is -0.456 e. The summed E-state index contributed by atoms with van der Waals surface area (Å²) in [5.41, 5.74) is 22.1. The molecule has 2 nitrogen and oxygen atoms in total. The average molecular weight is 814 g/mol. The predicted octanol–water partition coefficient (Wildman–Crippen LogP) is 15.8. The molecule has 3 aliphatic carbocycles. The molecule has 0 saturated heterocycles. The molecule has 0 N–H and O–H groups in total. The van der Waals surface area contributed by atoms with E-state index in [9.17, 15) is 0 Å². The van der Waals surface area contributed by atoms with Crippen molar-refractivity contribution < 1.29 is 4.42 Å². The summed E-state index contributed by atoms with van der Waals surface area (Å²) in [6.07, 6.45) is 0. The Morgan fingerprint density at radius 3 is 1.17 bits per heavy atom. The summed E-state index contributed by atoms with van der Waals surface area (Å²) in [5, 5.41) is 2.21. The van der Waals surface area contributed by atoms with Gasteiger partial charge in [-0.05, 0) is 126 Å². The van der Waals surface area contributed by atoms with Gasteiger partial charge in [0.05, 0.1) is 10.8 Å². The highest BCUT2D eigenvalue weighted by molar-refractivity contribution is 6.07. The number of fused-ring (bicyclic) bond motifs is 16. The van der Waals surface area contributed by atoms with E-state index in [-0.39, 0.29) is 0 Å². The molecule has 0 radical (unpaired) electrons. The Morgan fingerprint density at radius 2 is 0.641 bits per heavy atom. The van der Waals surface area contributed by atoms with Crippen LogP contribution in [0.25, 0.3) is 55.3 Å². The number of para-hydroxylation sites is 1. The van der Waals surface area contributed by atoms with Crippen LogP contribution in [0.2, 0.25) is 0 Å². The third kappa shape index (κ3) is 4.54. The topological polar surface area (TPSA) is 16.4 Å². The van der Waals surface area contributed by atoms with Crippen molar-refractivity contribution in [3.8, 4) is 33.4 Å². The zero-order valence-corrected chi connectivity index (χ0v) is 34.9. The average Bonchev–Trinajstić information content (AvgIpc) is 4.07. The van der Waals surface area contributed by atoms with Crippen LogP contribution in [0.1, 0.15) is 44.5 Å². The molecule has 10 aromatic carbocycles. The number of rotatable bonds is 5. The molecule has 0 bridgehead atoms. The summed E-state index contributed by atoms with van der Waals surface area (Å²) in [6, 6.07) is 87.8. The summed E-state index contributed by atoms with van der Waals surface area (Å²) >= 11 is 0. The number of anilines is 3. The SMILES string of the molecule is c1ccc(C2(c3ccccc3)c3ccccc3-c3ccc(N(c4ccc5c(c4)C4(c6ccccc6-c6ccccc64)c4ccccc4-5)c4ccc5oc6ccccc6c5c4)cc32)cc1. The van der Waals surface area contributed by atoms with Gasteiger partial charge in [-0.25, -0.2) is 0 Å². The highest BCUT2D eigenvalue weighted by atomic mass is 16.3. The van der Waals surface area contributed by atoms with Crippen LogP contribution in [0.4, 0.5) is 17.1 Å². The zero-order valence-electron chi connectivity index (χ0n) is 34.9. The van der Waals surface area contributed by atoms with E-state index < -0.39 is 10.8 Å². The lowest BCUT2D eigenvalue weighted by atomic mass is 9.67. The first-order valence-electron chi connectivity index (χ1n) is 22.3. The van der Waals surface area contributed by atoms with E-state index in [0.717, 1.165) is 39.0 Å². The molecule has 2 heteroatoms. The molecule has 1 heterocycles. The minimum atomic E-state index is -0.540. The van der Waals surface area contributed by atoms with Gasteiger partial charge in [0, 0.05) is 27.8 Å². The third-order valence-corrected chi connectivity index (χ3v) is 14.6. The Hall–Kier alpha value is -8.20. The molecular formula is C62H39NO. The number of benzene rings is 10. The molecular weight excluding hydrogens is 775 g/mol. The van der Waals surface area contributed by atoms with E-state index in [2.05, 4.69) is 235 Å². The lowest BCUT2D eigenvalue weighted by molar-refractivity contribution is 0.669. The van der Waals surface area contributed by atoms with Gasteiger partial charge in [0.2, 0.25) is 0 Å². The van der Waals surface area contributed by atoms with Gasteiger partial charge < -0.3 is 9.32 Å². The van der Waals surface area contributed by atoms with Crippen molar-refractivity contribution in [2.45, 2.75) is 10.8 Å². The molecule has 64 heavy (non-hydrogen) atoms. The highest BCUT2D eigenvalue weighted by Crippen LogP contribution is 2.64. The molecule has 1 spiro atoms. The quantitative estimate of drug-likeness (QED) is 0.172. The molecule has 3 aliphatic rings. The largest absolute Gasteiger partial charge is 0.456 e. The number of hydrogen-bond acceptors (Lipinski definition) is 2. The maximum atomic E-state index is 6.43. The van der Waals surface area contributed by atoms with Gasteiger partial charge in [-0.15, -0.1) is 0 Å². The predicted molar refractivity (Wildman–Crippen MR) is 262 cm³/mol. The second kappa shape index (κ2) is 13.2. The number of nitrogens with zero attached hydrogens (tertiary/aromatic N) is 1. The fourth-order valence-corrected chi connectivity index (χ4v) is 12.1. The van der Waals surface area contributed by atoms with E-state index in [4.69, 9.17) is 4.42 Å². The summed E-state index contributed by atoms with van der Waals surface area (Å²) in [4.78, 5) is 2.48. The number of furan rings is 1. The lowest BCUT2D eigenvalue weighted by Gasteiger charge is -2.35. The summed E-state index contributed by atoms with van der Waals surface area (Å²) in [7, 11) is 0. The van der Waals surface area contributed by atoms with Crippen molar-refractivity contribution in [2.75, 3.05) is 4.90 Å². The van der Waals surface area contributed by atoms with Crippen LogP contribution >= 0.6 is 0 Å². The second-order valence-corrected chi connectivity index (χ2v) is 17.5. The molecule has 0 saturated carbocycles. The first-order valence-corrected chi connectivity index (χ1v) is 22.3. The van der Waals surface area contributed by atoms with Crippen LogP contribution in [0, 0.1) is 0 Å². The van der Waals surface area contributed by atoms with Gasteiger partial charge in [-0.1, -0.05) is 188 Å². The van der Waals surface area contributed by atoms with Crippen LogP contribution in [-0.4, -0.2) is 0 Å². The van der Waals surface area contributed by atoms with Gasteiger partial charge in [0.25, 0.3) is 0 Å². The third-order valence-electron chi connectivity index (χ3n) is 14.6. The standard InChI is InChI=1S/C62H39NO/c1-3-17-40(18-4-1)61(41-19-5-2-6-20-41)53-26-12-7-23-47(53)49-34-31-43(38-57(49)61)63(42-33-36-60-52(37-42)51-25-11-16-30-59(51)64-60)44-32-35-50-48-24-10-15-29-56(48)62(58(50)39-44)54-27-13-8-21-45(54)46-22-9-14-28-55(46)62/h1-39H. The smallest absolute Gasteiger partial charge is 0.135 e. The van der Waals surface area contributed by atoms with Gasteiger partial charge in [-0.3, -0.25) is 0 Å². The molecule has 0 unspecified atom stereocenters. The van der Waals surface area contributed by atoms with E-state index in [1.807, 2.05) is 6.07 Å². The first kappa shape index (κ1) is 35.4. The fraction of sp³-hybridized carbons (Fsp3) is 0.0323. The van der Waals surface area contributed by atoms with E-state index in [1.165, 1.54) is 77.9 Å². The van der Waals surface area contributed by atoms with E-state index in [0.29, 0.717) is 0 Å². The van der Waals surface area contributed by atoms with Gasteiger partial charge in [0.15, 0.2) is 0 Å². The molecule has 0 amide bonds. The summed E-state index contributed by atoms with van der Waals surface area (Å²) < 4.78 is 6.43. The van der Waals surface area contributed by atoms with Crippen LogP contribution in [-0.2, 0) is 10.8 Å². The molecule has 14 rings (SSSR count). The highest BCUT2D eigenvalue weighted by Gasteiger charge is 2.52. The van der Waals surface area contributed by atoms with Gasteiger partial charge >= 0.3 is 0 Å². The first-order chi connectivity index (χ1) is 31.7. The van der Waals surface area contributed by atoms with Crippen LogP contribution in [0.15, 0.2) is 241 Å². The maximum Gasteiger partial charge on any atom is 0.135 e. The molecule has 0 aliphatic heterocycles. The Morgan fingerprint density at radius 1 is 0.266 bits per heavy atom. The Kier molecular flexibility index (Phi) is 7.28. The second-order valence-electron chi connectivity index (χ2n) is 17.5. The lowest BCUT2D eigenvalue weighted by Crippen LogP contribution is -2.28. The van der Waals surface area contributed by atoms with Crippen molar-refractivity contribution >= 4 is 39.0 Å².